The molecule has 3 fully saturated rings. The van der Waals surface area contributed by atoms with Gasteiger partial charge in [-0.05, 0) is 43.4 Å². The first-order chi connectivity index (χ1) is 13.1. The lowest BCUT2D eigenvalue weighted by Crippen LogP contribution is -2.47. The average molecular weight is 362 g/mol. The molecule has 0 saturated carbocycles. The maximum absolute atomic E-state index is 13.2. The lowest BCUT2D eigenvalue weighted by Gasteiger charge is -2.36. The van der Waals surface area contributed by atoms with E-state index in [0.29, 0.717) is 17.0 Å². The van der Waals surface area contributed by atoms with Crippen LogP contribution < -0.4 is 0 Å². The summed E-state index contributed by atoms with van der Waals surface area (Å²) < 4.78 is 0. The molecule has 5 rings (SSSR count). The van der Waals surface area contributed by atoms with Crippen molar-refractivity contribution in [2.45, 2.75) is 32.4 Å². The van der Waals surface area contributed by atoms with Gasteiger partial charge in [0.2, 0.25) is 0 Å². The molecule has 0 radical (unpaired) electrons. The van der Waals surface area contributed by atoms with Gasteiger partial charge in [-0.1, -0.05) is 42.5 Å². The molecule has 0 N–H and O–H groups in total. The molecule has 4 nitrogen and oxygen atoms in total. The van der Waals surface area contributed by atoms with Crippen LogP contribution in [0.25, 0.3) is 0 Å². The minimum atomic E-state index is -0.00364. The molecule has 3 saturated heterocycles. The first-order valence-corrected chi connectivity index (χ1v) is 9.78. The Morgan fingerprint density at radius 2 is 1.70 bits per heavy atom. The predicted molar refractivity (Wildman–Crippen MR) is 106 cm³/mol. The molecule has 1 amide bonds. The lowest BCUT2D eigenvalue weighted by atomic mass is 9.94. The first-order valence-electron chi connectivity index (χ1n) is 9.78. The number of fused-ring (bicyclic) bond motifs is 4. The van der Waals surface area contributed by atoms with Crippen LogP contribution >= 0.6 is 0 Å². The molecular formula is C23H26N2O2. The van der Waals surface area contributed by atoms with Crippen LogP contribution in [0.1, 0.15) is 46.0 Å². The molecule has 27 heavy (non-hydrogen) atoms. The van der Waals surface area contributed by atoms with Gasteiger partial charge in [0.1, 0.15) is 0 Å². The summed E-state index contributed by atoms with van der Waals surface area (Å²) in [7, 11) is 0. The van der Waals surface area contributed by atoms with Gasteiger partial charge in [0.15, 0.2) is 5.78 Å². The molecule has 0 spiro atoms. The van der Waals surface area contributed by atoms with Crippen molar-refractivity contribution < 1.29 is 9.59 Å². The largest absolute Gasteiger partial charge is 0.334 e. The Balaban J connectivity index is 1.51. The topological polar surface area (TPSA) is 40.6 Å². The van der Waals surface area contributed by atoms with E-state index < -0.39 is 0 Å². The highest BCUT2D eigenvalue weighted by Gasteiger charge is 2.37. The number of hydrogen-bond donors (Lipinski definition) is 0. The number of Topliss-reactive ketones (excluding diaryl/α,β-unsaturated/α-hetero) is 1. The van der Waals surface area contributed by atoms with E-state index in [1.165, 1.54) is 12.0 Å². The van der Waals surface area contributed by atoms with E-state index in [1.807, 2.05) is 18.2 Å². The van der Waals surface area contributed by atoms with Crippen LogP contribution in [0.5, 0.6) is 0 Å². The average Bonchev–Trinajstić information content (AvgIpc) is 2.99. The quantitative estimate of drug-likeness (QED) is 0.780. The van der Waals surface area contributed by atoms with Crippen LogP contribution in [-0.4, -0.2) is 47.2 Å². The monoisotopic (exact) mass is 362 g/mol. The van der Waals surface area contributed by atoms with Gasteiger partial charge in [0, 0.05) is 43.3 Å². The van der Waals surface area contributed by atoms with Gasteiger partial charge in [-0.15, -0.1) is 0 Å². The van der Waals surface area contributed by atoms with Crippen molar-refractivity contribution in [2.24, 2.45) is 5.92 Å². The third-order valence-corrected chi connectivity index (χ3v) is 5.82. The number of carbonyl (C=O) groups excluding carboxylic acids is 2. The number of piperidine rings is 1. The van der Waals surface area contributed by atoms with E-state index in [1.54, 1.807) is 19.1 Å². The Morgan fingerprint density at radius 1 is 0.926 bits per heavy atom. The van der Waals surface area contributed by atoms with Crippen molar-refractivity contribution in [3.63, 3.8) is 0 Å². The highest BCUT2D eigenvalue weighted by molar-refractivity contribution is 5.99. The minimum absolute atomic E-state index is 0.00364. The number of benzene rings is 2. The maximum atomic E-state index is 13.2. The van der Waals surface area contributed by atoms with Crippen LogP contribution in [0.3, 0.4) is 0 Å². The molecule has 0 unspecified atom stereocenters. The molecule has 2 aromatic rings. The van der Waals surface area contributed by atoms with Gasteiger partial charge in [-0.3, -0.25) is 14.5 Å². The molecular weight excluding hydrogens is 336 g/mol. The summed E-state index contributed by atoms with van der Waals surface area (Å²) in [6.45, 7) is 5.26. The van der Waals surface area contributed by atoms with E-state index in [2.05, 4.69) is 34.1 Å². The molecule has 2 aromatic carbocycles. The summed E-state index contributed by atoms with van der Waals surface area (Å²) in [5.74, 6) is 0.581. The fourth-order valence-electron chi connectivity index (χ4n) is 4.44. The third kappa shape index (κ3) is 3.96. The van der Waals surface area contributed by atoms with Gasteiger partial charge in [0.05, 0.1) is 0 Å². The zero-order valence-corrected chi connectivity index (χ0v) is 15.8. The summed E-state index contributed by atoms with van der Waals surface area (Å²) >= 11 is 0. The summed E-state index contributed by atoms with van der Waals surface area (Å²) in [6, 6.07) is 18.0. The van der Waals surface area contributed by atoms with Crippen molar-refractivity contribution in [2.75, 3.05) is 19.6 Å². The van der Waals surface area contributed by atoms with E-state index in [0.717, 1.165) is 32.6 Å². The van der Waals surface area contributed by atoms with Gasteiger partial charge in [-0.25, -0.2) is 0 Å². The van der Waals surface area contributed by atoms with Gasteiger partial charge >= 0.3 is 0 Å². The minimum Gasteiger partial charge on any atom is -0.334 e. The Bertz CT molecular complexity index is 833. The Hall–Kier alpha value is -2.46. The predicted octanol–water partition coefficient (Wildman–Crippen LogP) is 3.63. The van der Waals surface area contributed by atoms with Gasteiger partial charge < -0.3 is 4.90 Å². The lowest BCUT2D eigenvalue weighted by molar-refractivity contribution is 0.0585. The Morgan fingerprint density at radius 3 is 2.48 bits per heavy atom. The van der Waals surface area contributed by atoms with Crippen molar-refractivity contribution in [3.05, 3.63) is 71.3 Å². The second-order valence-corrected chi connectivity index (χ2v) is 7.87. The van der Waals surface area contributed by atoms with Gasteiger partial charge in [0.25, 0.3) is 5.91 Å². The number of ketones is 1. The second-order valence-electron chi connectivity index (χ2n) is 7.87. The summed E-state index contributed by atoms with van der Waals surface area (Å²) in [5.41, 5.74) is 2.56. The number of rotatable bonds is 4. The normalized spacial score (nSPS) is 22.5. The number of amides is 1. The fraction of sp³-hybridized carbons (Fsp3) is 0.391. The second kappa shape index (κ2) is 7.65. The van der Waals surface area contributed by atoms with Gasteiger partial charge in [-0.2, -0.15) is 0 Å². The van der Waals surface area contributed by atoms with Crippen LogP contribution in [-0.2, 0) is 6.54 Å². The molecule has 4 heteroatoms. The maximum Gasteiger partial charge on any atom is 0.254 e. The highest BCUT2D eigenvalue weighted by Crippen LogP contribution is 2.30. The Kier molecular flexibility index (Phi) is 5.08. The standard InChI is InChI=1S/C23H26N2O2/c1-17(26)20-8-5-9-21(12-20)23(27)25-15-19-10-11-22(25)16-24(14-19)13-18-6-3-2-4-7-18/h2-9,12,19,22H,10-11,13-16H2,1H3/t19-,22+/m0/s1. The third-order valence-electron chi connectivity index (χ3n) is 5.82. The van der Waals surface area contributed by atoms with E-state index in [-0.39, 0.29) is 17.7 Å². The van der Waals surface area contributed by atoms with Crippen molar-refractivity contribution in [3.8, 4) is 0 Å². The number of carbonyl (C=O) groups is 2. The molecule has 2 bridgehead atoms. The Labute approximate surface area is 160 Å². The fourth-order valence-corrected chi connectivity index (χ4v) is 4.44. The molecule has 3 aliphatic rings. The van der Waals surface area contributed by atoms with Crippen molar-refractivity contribution in [1.82, 2.24) is 9.80 Å². The van der Waals surface area contributed by atoms with Crippen LogP contribution in [0.15, 0.2) is 54.6 Å². The van der Waals surface area contributed by atoms with Crippen LogP contribution in [0, 0.1) is 5.92 Å². The summed E-state index contributed by atoms with van der Waals surface area (Å²) in [4.78, 5) is 29.4. The molecule has 2 atom stereocenters. The van der Waals surface area contributed by atoms with E-state index >= 15 is 0 Å². The first kappa shape index (κ1) is 17.9. The SMILES string of the molecule is CC(=O)c1cccc(C(=O)N2C[C@H]3CC[C@@H]2CN(Cc2ccccc2)C3)c1. The molecule has 3 heterocycles. The highest BCUT2D eigenvalue weighted by atomic mass is 16.2. The molecule has 0 aliphatic carbocycles. The van der Waals surface area contributed by atoms with Crippen molar-refractivity contribution >= 4 is 11.7 Å². The zero-order valence-electron chi connectivity index (χ0n) is 15.8. The zero-order chi connectivity index (χ0) is 18.8. The van der Waals surface area contributed by atoms with Crippen LogP contribution in [0.4, 0.5) is 0 Å². The van der Waals surface area contributed by atoms with E-state index in [4.69, 9.17) is 0 Å². The molecule has 140 valence electrons. The summed E-state index contributed by atoms with van der Waals surface area (Å²) in [6.07, 6.45) is 2.25. The smallest absolute Gasteiger partial charge is 0.254 e. The molecule has 3 aliphatic heterocycles. The molecule has 0 aromatic heterocycles. The summed E-state index contributed by atoms with van der Waals surface area (Å²) in [5, 5.41) is 0. The van der Waals surface area contributed by atoms with Crippen LogP contribution in [0.2, 0.25) is 0 Å². The van der Waals surface area contributed by atoms with E-state index in [9.17, 15) is 9.59 Å². The number of hydrogen-bond acceptors (Lipinski definition) is 3. The van der Waals surface area contributed by atoms with Crippen molar-refractivity contribution in [1.29, 1.82) is 0 Å². The number of nitrogens with zero attached hydrogens (tertiary/aromatic N) is 2.